The molecule has 3 rings (SSSR count). The van der Waals surface area contributed by atoms with Crippen LogP contribution in [0, 0.1) is 0 Å². The third-order valence-electron chi connectivity index (χ3n) is 3.10. The predicted molar refractivity (Wildman–Crippen MR) is 76.9 cm³/mol. The van der Waals surface area contributed by atoms with Crippen molar-refractivity contribution in [2.45, 2.75) is 6.54 Å². The predicted octanol–water partition coefficient (Wildman–Crippen LogP) is 3.93. The summed E-state index contributed by atoms with van der Waals surface area (Å²) < 4.78 is 2.16. The van der Waals surface area contributed by atoms with Gasteiger partial charge in [-0.1, -0.05) is 35.9 Å². The van der Waals surface area contributed by atoms with Crippen LogP contribution < -0.4 is 5.73 Å². The SMILES string of the molecule is Nc1ccc2ccn(Cc3ccccc3Cl)c2c1. The molecular formula is C15H13ClN2. The highest BCUT2D eigenvalue weighted by Gasteiger charge is 2.04. The van der Waals surface area contributed by atoms with Crippen LogP contribution in [-0.4, -0.2) is 4.57 Å². The summed E-state index contributed by atoms with van der Waals surface area (Å²) in [6.07, 6.45) is 2.06. The number of nitrogen functional groups attached to an aromatic ring is 1. The van der Waals surface area contributed by atoms with Gasteiger partial charge in [-0.3, -0.25) is 0 Å². The summed E-state index contributed by atoms with van der Waals surface area (Å²) >= 11 is 6.19. The van der Waals surface area contributed by atoms with E-state index in [9.17, 15) is 0 Å². The van der Waals surface area contributed by atoms with E-state index in [0.29, 0.717) is 0 Å². The van der Waals surface area contributed by atoms with Crippen molar-refractivity contribution in [3.63, 3.8) is 0 Å². The number of anilines is 1. The maximum absolute atomic E-state index is 6.19. The van der Waals surface area contributed by atoms with Crippen LogP contribution >= 0.6 is 11.6 Å². The smallest absolute Gasteiger partial charge is 0.0504 e. The van der Waals surface area contributed by atoms with Crippen LogP contribution in [0.5, 0.6) is 0 Å². The summed E-state index contributed by atoms with van der Waals surface area (Å²) in [6.45, 7) is 0.757. The molecule has 0 saturated heterocycles. The second-order valence-corrected chi connectivity index (χ2v) is 4.76. The Morgan fingerprint density at radius 1 is 1.06 bits per heavy atom. The summed E-state index contributed by atoms with van der Waals surface area (Å²) in [5.41, 5.74) is 8.86. The zero-order valence-electron chi connectivity index (χ0n) is 9.81. The van der Waals surface area contributed by atoms with Gasteiger partial charge in [0.2, 0.25) is 0 Å². The Kier molecular flexibility index (Phi) is 2.73. The van der Waals surface area contributed by atoms with E-state index in [0.717, 1.165) is 28.3 Å². The number of nitrogens with two attached hydrogens (primary N) is 1. The Morgan fingerprint density at radius 3 is 2.72 bits per heavy atom. The summed E-state index contributed by atoms with van der Waals surface area (Å²) in [5.74, 6) is 0. The molecule has 0 bridgehead atoms. The van der Waals surface area contributed by atoms with Gasteiger partial charge in [0.15, 0.2) is 0 Å². The molecule has 0 radical (unpaired) electrons. The Hall–Kier alpha value is -1.93. The third-order valence-corrected chi connectivity index (χ3v) is 3.47. The molecule has 0 atom stereocenters. The molecule has 2 N–H and O–H groups in total. The number of hydrogen-bond acceptors (Lipinski definition) is 1. The molecule has 3 aromatic rings. The number of hydrogen-bond donors (Lipinski definition) is 1. The molecule has 18 heavy (non-hydrogen) atoms. The number of benzene rings is 2. The quantitative estimate of drug-likeness (QED) is 0.692. The van der Waals surface area contributed by atoms with Crippen LogP contribution in [0.15, 0.2) is 54.7 Å². The number of fused-ring (bicyclic) bond motifs is 1. The maximum atomic E-state index is 6.19. The van der Waals surface area contributed by atoms with E-state index >= 15 is 0 Å². The second-order valence-electron chi connectivity index (χ2n) is 4.35. The highest BCUT2D eigenvalue weighted by Crippen LogP contribution is 2.22. The average molecular weight is 257 g/mol. The molecule has 3 heteroatoms. The largest absolute Gasteiger partial charge is 0.399 e. The van der Waals surface area contributed by atoms with Crippen LogP contribution in [0.3, 0.4) is 0 Å². The number of aromatic nitrogens is 1. The Morgan fingerprint density at radius 2 is 1.89 bits per heavy atom. The molecule has 0 aliphatic heterocycles. The van der Waals surface area contributed by atoms with Crippen molar-refractivity contribution in [3.05, 3.63) is 65.3 Å². The first kappa shape index (κ1) is 11.2. The maximum Gasteiger partial charge on any atom is 0.0504 e. The molecule has 0 aliphatic rings. The minimum absolute atomic E-state index is 0.757. The third kappa shape index (κ3) is 1.95. The monoisotopic (exact) mass is 256 g/mol. The fourth-order valence-corrected chi connectivity index (χ4v) is 2.34. The molecule has 0 unspecified atom stereocenters. The first-order valence-corrected chi connectivity index (χ1v) is 6.19. The lowest BCUT2D eigenvalue weighted by Gasteiger charge is -2.07. The molecular weight excluding hydrogens is 244 g/mol. The Bertz CT molecular complexity index is 701. The lowest BCUT2D eigenvalue weighted by molar-refractivity contribution is 0.837. The van der Waals surface area contributed by atoms with Gasteiger partial charge < -0.3 is 10.3 Å². The normalized spacial score (nSPS) is 10.9. The van der Waals surface area contributed by atoms with Crippen molar-refractivity contribution in [1.82, 2.24) is 4.57 Å². The minimum atomic E-state index is 0.757. The Balaban J connectivity index is 2.05. The summed E-state index contributed by atoms with van der Waals surface area (Å²) in [4.78, 5) is 0. The molecule has 0 saturated carbocycles. The van der Waals surface area contributed by atoms with Gasteiger partial charge >= 0.3 is 0 Å². The van der Waals surface area contributed by atoms with E-state index in [4.69, 9.17) is 17.3 Å². The lowest BCUT2D eigenvalue weighted by Crippen LogP contribution is -1.98. The van der Waals surface area contributed by atoms with Gasteiger partial charge in [0.1, 0.15) is 0 Å². The second kappa shape index (κ2) is 4.39. The van der Waals surface area contributed by atoms with Gasteiger partial charge in [-0.15, -0.1) is 0 Å². The van der Waals surface area contributed by atoms with Crippen molar-refractivity contribution in [3.8, 4) is 0 Å². The highest BCUT2D eigenvalue weighted by molar-refractivity contribution is 6.31. The van der Waals surface area contributed by atoms with Crippen molar-refractivity contribution < 1.29 is 0 Å². The standard InChI is InChI=1S/C15H13ClN2/c16-14-4-2-1-3-12(14)10-18-8-7-11-5-6-13(17)9-15(11)18/h1-9H,10,17H2. The first-order valence-electron chi connectivity index (χ1n) is 5.82. The van der Waals surface area contributed by atoms with Gasteiger partial charge in [-0.2, -0.15) is 0 Å². The summed E-state index contributed by atoms with van der Waals surface area (Å²) in [6, 6.07) is 15.9. The van der Waals surface area contributed by atoms with Crippen LogP contribution in [0.4, 0.5) is 5.69 Å². The molecule has 1 heterocycles. The topological polar surface area (TPSA) is 30.9 Å². The van der Waals surface area contributed by atoms with E-state index in [-0.39, 0.29) is 0 Å². The van der Waals surface area contributed by atoms with E-state index in [2.05, 4.69) is 16.8 Å². The minimum Gasteiger partial charge on any atom is -0.399 e. The number of rotatable bonds is 2. The average Bonchev–Trinajstić information content (AvgIpc) is 2.75. The van der Waals surface area contributed by atoms with Gasteiger partial charge in [0.05, 0.1) is 5.52 Å². The summed E-state index contributed by atoms with van der Waals surface area (Å²) in [5, 5.41) is 1.99. The molecule has 1 aromatic heterocycles. The summed E-state index contributed by atoms with van der Waals surface area (Å²) in [7, 11) is 0. The lowest BCUT2D eigenvalue weighted by atomic mass is 10.2. The van der Waals surface area contributed by atoms with E-state index in [1.54, 1.807) is 0 Å². The molecule has 90 valence electrons. The van der Waals surface area contributed by atoms with E-state index in [1.165, 1.54) is 5.39 Å². The highest BCUT2D eigenvalue weighted by atomic mass is 35.5. The number of nitrogens with zero attached hydrogens (tertiary/aromatic N) is 1. The van der Waals surface area contributed by atoms with Crippen molar-refractivity contribution in [2.75, 3.05) is 5.73 Å². The van der Waals surface area contributed by atoms with Crippen molar-refractivity contribution in [1.29, 1.82) is 0 Å². The zero-order chi connectivity index (χ0) is 12.5. The van der Waals surface area contributed by atoms with Gasteiger partial charge in [0.25, 0.3) is 0 Å². The fourth-order valence-electron chi connectivity index (χ4n) is 2.15. The fraction of sp³-hybridized carbons (Fsp3) is 0.0667. The van der Waals surface area contributed by atoms with E-state index in [1.807, 2.05) is 42.5 Å². The van der Waals surface area contributed by atoms with Gasteiger partial charge in [-0.05, 0) is 35.2 Å². The molecule has 0 spiro atoms. The Labute approximate surface area is 111 Å². The zero-order valence-corrected chi connectivity index (χ0v) is 10.6. The molecule has 0 aliphatic carbocycles. The van der Waals surface area contributed by atoms with Crippen LogP contribution in [0.1, 0.15) is 5.56 Å². The van der Waals surface area contributed by atoms with Crippen LogP contribution in [-0.2, 0) is 6.54 Å². The molecule has 2 aromatic carbocycles. The molecule has 0 fully saturated rings. The molecule has 2 nitrogen and oxygen atoms in total. The van der Waals surface area contributed by atoms with Crippen molar-refractivity contribution >= 4 is 28.2 Å². The van der Waals surface area contributed by atoms with Crippen LogP contribution in [0.25, 0.3) is 10.9 Å². The van der Waals surface area contributed by atoms with Crippen LogP contribution in [0.2, 0.25) is 5.02 Å². The van der Waals surface area contributed by atoms with Gasteiger partial charge in [0, 0.05) is 23.5 Å². The van der Waals surface area contributed by atoms with Gasteiger partial charge in [-0.25, -0.2) is 0 Å². The number of halogens is 1. The van der Waals surface area contributed by atoms with Crippen molar-refractivity contribution in [2.24, 2.45) is 0 Å². The molecule has 0 amide bonds. The van der Waals surface area contributed by atoms with E-state index < -0.39 is 0 Å². The first-order chi connectivity index (χ1) is 8.74.